The standard InChI is InChI=1S/C42H48Ge2N2/c1-7-43(8-2,9-3)31-21-27-37-35-17-13-15-19-39(35)45(41(37)29-31)33-23-25-34(26-24-33)46-40-20-16-14-18-36(40)38-28-22-32(30-42(38)46)44(10-4,11-5)12-6/h13-30H,7-12H2,1-6H3. The zero-order valence-corrected chi connectivity index (χ0v) is 32.7. The number of aromatic nitrogens is 2. The van der Waals surface area contributed by atoms with Gasteiger partial charge in [0.2, 0.25) is 0 Å². The third-order valence-electron chi connectivity index (χ3n) is 12.0. The van der Waals surface area contributed by atoms with Gasteiger partial charge in [0, 0.05) is 0 Å². The van der Waals surface area contributed by atoms with E-state index < -0.39 is 26.5 Å². The molecule has 0 bridgehead atoms. The molecule has 234 valence electrons. The Labute approximate surface area is 280 Å². The fourth-order valence-electron chi connectivity index (χ4n) is 8.63. The number of fused-ring (bicyclic) bond motifs is 6. The van der Waals surface area contributed by atoms with Gasteiger partial charge in [0.25, 0.3) is 0 Å². The van der Waals surface area contributed by atoms with Crippen LogP contribution in [0.5, 0.6) is 0 Å². The zero-order valence-electron chi connectivity index (χ0n) is 28.5. The summed E-state index contributed by atoms with van der Waals surface area (Å²) in [5.74, 6) is 0. The Morgan fingerprint density at radius 2 is 0.696 bits per heavy atom. The molecule has 0 unspecified atom stereocenters. The van der Waals surface area contributed by atoms with Crippen LogP contribution >= 0.6 is 0 Å². The summed E-state index contributed by atoms with van der Waals surface area (Å²) in [6.45, 7) is 14.6. The Hall–Kier alpha value is -3.21. The minimum atomic E-state index is -2.13. The molecule has 2 aromatic heterocycles. The van der Waals surface area contributed by atoms with Crippen molar-refractivity contribution in [3.63, 3.8) is 0 Å². The van der Waals surface area contributed by atoms with Crippen LogP contribution in [0.2, 0.25) is 31.5 Å². The van der Waals surface area contributed by atoms with E-state index in [-0.39, 0.29) is 0 Å². The molecule has 0 atom stereocenters. The van der Waals surface area contributed by atoms with Gasteiger partial charge in [0.15, 0.2) is 0 Å². The van der Waals surface area contributed by atoms with Crippen LogP contribution in [0.4, 0.5) is 0 Å². The van der Waals surface area contributed by atoms with Crippen LogP contribution in [0.15, 0.2) is 109 Å². The second-order valence-electron chi connectivity index (χ2n) is 13.4. The molecule has 5 aromatic carbocycles. The van der Waals surface area contributed by atoms with Crippen LogP contribution in [-0.4, -0.2) is 35.7 Å². The Morgan fingerprint density at radius 3 is 1.04 bits per heavy atom. The van der Waals surface area contributed by atoms with Gasteiger partial charge < -0.3 is 0 Å². The van der Waals surface area contributed by atoms with E-state index in [1.165, 1.54) is 86.5 Å². The van der Waals surface area contributed by atoms with Gasteiger partial charge in [0.1, 0.15) is 0 Å². The summed E-state index contributed by atoms with van der Waals surface area (Å²) >= 11 is -4.25. The van der Waals surface area contributed by atoms with Crippen molar-refractivity contribution in [2.75, 3.05) is 0 Å². The van der Waals surface area contributed by atoms with Crippen molar-refractivity contribution in [3.05, 3.63) is 109 Å². The first-order valence-electron chi connectivity index (χ1n) is 17.7. The molecule has 0 fully saturated rings. The molecule has 0 aliphatic carbocycles. The SMILES string of the molecule is C[CH2][Ge]([CH2]C)([CH2]C)[c]1ccc2c3ccccc3n(-c3ccc(-n4c5ccccc5c5cc[c]([Ge]([CH2]C)([CH2]C)[CH2]C)cc54)cc3)c2c1. The molecule has 0 spiro atoms. The molecular weight excluding hydrogens is 678 g/mol. The summed E-state index contributed by atoms with van der Waals surface area (Å²) in [4.78, 5) is 0. The predicted molar refractivity (Wildman–Crippen MR) is 209 cm³/mol. The van der Waals surface area contributed by atoms with E-state index in [1.807, 2.05) is 0 Å². The van der Waals surface area contributed by atoms with Crippen molar-refractivity contribution in [2.45, 2.75) is 73.1 Å². The van der Waals surface area contributed by atoms with Crippen molar-refractivity contribution in [3.8, 4) is 11.4 Å². The maximum atomic E-state index is 2.57. The predicted octanol–water partition coefficient (Wildman–Crippen LogP) is 11.3. The molecule has 0 saturated carbocycles. The number of para-hydroxylation sites is 2. The van der Waals surface area contributed by atoms with Gasteiger partial charge in [-0.25, -0.2) is 0 Å². The fourth-order valence-corrected chi connectivity index (χ4v) is 23.8. The molecule has 2 heterocycles. The molecule has 0 radical (unpaired) electrons. The minimum absolute atomic E-state index is 1.23. The molecule has 0 saturated heterocycles. The average molecular weight is 726 g/mol. The molecule has 2 nitrogen and oxygen atoms in total. The summed E-state index contributed by atoms with van der Waals surface area (Å²) in [5.41, 5.74) is 7.72. The van der Waals surface area contributed by atoms with Crippen molar-refractivity contribution in [1.29, 1.82) is 0 Å². The molecular formula is C42H48Ge2N2. The molecule has 7 aromatic rings. The molecule has 0 aliphatic heterocycles. The molecule has 0 aliphatic rings. The summed E-state index contributed by atoms with van der Waals surface area (Å²) in [5, 5.41) is 13.4. The Balaban J connectivity index is 1.43. The topological polar surface area (TPSA) is 9.86 Å². The van der Waals surface area contributed by atoms with Gasteiger partial charge in [-0.05, 0) is 0 Å². The van der Waals surface area contributed by atoms with E-state index in [4.69, 9.17) is 0 Å². The summed E-state index contributed by atoms with van der Waals surface area (Å²) in [7, 11) is 0. The Morgan fingerprint density at radius 1 is 0.370 bits per heavy atom. The third-order valence-corrected chi connectivity index (χ3v) is 35.5. The van der Waals surface area contributed by atoms with Crippen molar-refractivity contribution < 1.29 is 0 Å². The molecule has 46 heavy (non-hydrogen) atoms. The summed E-state index contributed by atoms with van der Waals surface area (Å²) in [6.07, 6.45) is 0. The second-order valence-corrected chi connectivity index (χ2v) is 35.4. The Kier molecular flexibility index (Phi) is 8.48. The molecule has 4 heteroatoms. The van der Waals surface area contributed by atoms with Crippen LogP contribution in [0, 0.1) is 0 Å². The second kappa shape index (κ2) is 12.4. The zero-order chi connectivity index (χ0) is 32.1. The summed E-state index contributed by atoms with van der Waals surface area (Å²) < 4.78 is 8.33. The van der Waals surface area contributed by atoms with E-state index >= 15 is 0 Å². The van der Waals surface area contributed by atoms with E-state index in [1.54, 1.807) is 8.79 Å². The van der Waals surface area contributed by atoms with Gasteiger partial charge in [0.05, 0.1) is 0 Å². The third kappa shape index (κ3) is 4.73. The van der Waals surface area contributed by atoms with Crippen LogP contribution in [0.1, 0.15) is 41.5 Å². The molecule has 7 rings (SSSR count). The normalized spacial score (nSPS) is 12.7. The molecule has 0 N–H and O–H groups in total. The van der Waals surface area contributed by atoms with Gasteiger partial charge in [-0.1, -0.05) is 0 Å². The van der Waals surface area contributed by atoms with Gasteiger partial charge in [-0.15, -0.1) is 0 Å². The first-order chi connectivity index (χ1) is 22.5. The summed E-state index contributed by atoms with van der Waals surface area (Å²) in [6, 6.07) is 42.2. The first kappa shape index (κ1) is 31.4. The van der Waals surface area contributed by atoms with Crippen LogP contribution in [-0.2, 0) is 0 Å². The van der Waals surface area contributed by atoms with Crippen molar-refractivity contribution >= 4 is 78.9 Å². The van der Waals surface area contributed by atoms with Gasteiger partial charge in [-0.2, -0.15) is 0 Å². The number of rotatable bonds is 10. The monoisotopic (exact) mass is 728 g/mol. The van der Waals surface area contributed by atoms with Gasteiger partial charge >= 0.3 is 282 Å². The van der Waals surface area contributed by atoms with E-state index in [9.17, 15) is 0 Å². The number of benzene rings is 5. The fraction of sp³-hybridized carbons (Fsp3) is 0.286. The van der Waals surface area contributed by atoms with Crippen LogP contribution < -0.4 is 8.79 Å². The number of nitrogens with zero attached hydrogens (tertiary/aromatic N) is 2. The number of hydrogen-bond donors (Lipinski definition) is 0. The quantitative estimate of drug-likeness (QED) is 0.124. The Bertz CT molecular complexity index is 2000. The van der Waals surface area contributed by atoms with E-state index in [0.29, 0.717) is 0 Å². The first-order valence-corrected chi connectivity index (χ1v) is 28.7. The number of hydrogen-bond acceptors (Lipinski definition) is 0. The van der Waals surface area contributed by atoms with E-state index in [0.717, 1.165) is 0 Å². The average Bonchev–Trinajstić information content (AvgIpc) is 3.63. The van der Waals surface area contributed by atoms with E-state index in [2.05, 4.69) is 160 Å². The van der Waals surface area contributed by atoms with Crippen LogP contribution in [0.3, 0.4) is 0 Å². The molecule has 0 amide bonds. The van der Waals surface area contributed by atoms with Crippen molar-refractivity contribution in [1.82, 2.24) is 9.13 Å². The maximum absolute atomic E-state index is 2.57. The van der Waals surface area contributed by atoms with Gasteiger partial charge in [-0.3, -0.25) is 0 Å². The van der Waals surface area contributed by atoms with Crippen LogP contribution in [0.25, 0.3) is 55.0 Å². The van der Waals surface area contributed by atoms with Crippen molar-refractivity contribution in [2.24, 2.45) is 0 Å².